The molecule has 0 saturated heterocycles. The topological polar surface area (TPSA) is 38.0 Å². The van der Waals surface area contributed by atoms with Crippen LogP contribution in [0.3, 0.4) is 0 Å². The number of aliphatic hydroxyl groups is 1. The van der Waals surface area contributed by atoms with E-state index in [1.807, 2.05) is 60.7 Å². The van der Waals surface area contributed by atoms with Crippen LogP contribution >= 0.6 is 6.04 Å². The van der Waals surface area contributed by atoms with Gasteiger partial charge in [0.25, 0.3) is 0 Å². The van der Waals surface area contributed by atoms with E-state index in [0.717, 1.165) is 10.6 Å². The van der Waals surface area contributed by atoms with Crippen molar-refractivity contribution in [3.8, 4) is 0 Å². The van der Waals surface area contributed by atoms with Gasteiger partial charge in [0, 0.05) is 24.6 Å². The molecule has 0 aliphatic heterocycles. The Morgan fingerprint density at radius 2 is 1.57 bits per heavy atom. The smallest absolute Gasteiger partial charge is 0.148 e. The Balaban J connectivity index is 2.21. The van der Waals surface area contributed by atoms with Crippen molar-refractivity contribution in [2.75, 3.05) is 0 Å². The van der Waals surface area contributed by atoms with Crippen LogP contribution in [0.25, 0.3) is 6.20 Å². The number of rotatable bonds is 5. The van der Waals surface area contributed by atoms with E-state index in [0.29, 0.717) is 5.82 Å². The van der Waals surface area contributed by atoms with Gasteiger partial charge in [-0.2, -0.15) is 0 Å². The Bertz CT molecular complexity index is 802. The predicted molar refractivity (Wildman–Crippen MR) is 100 cm³/mol. The summed E-state index contributed by atoms with van der Waals surface area (Å²) in [4.78, 5) is 4.31. The molecule has 0 aliphatic rings. The van der Waals surface area contributed by atoms with Gasteiger partial charge < -0.3 is 9.67 Å². The highest BCUT2D eigenvalue weighted by Crippen LogP contribution is 2.55. The summed E-state index contributed by atoms with van der Waals surface area (Å²) in [5, 5.41) is 13.1. The van der Waals surface area contributed by atoms with Gasteiger partial charge in [-0.1, -0.05) is 79.0 Å². The van der Waals surface area contributed by atoms with Gasteiger partial charge in [-0.3, -0.25) is 0 Å². The van der Waals surface area contributed by atoms with E-state index in [1.54, 1.807) is 23.2 Å². The fraction of sp³-hybridized carbons (Fsp3) is 0.0556. The summed E-state index contributed by atoms with van der Waals surface area (Å²) in [6.07, 6.45) is 5.04. The second kappa shape index (κ2) is 6.63. The highest BCUT2D eigenvalue weighted by atomic mass is 32.4. The van der Waals surface area contributed by atoms with E-state index >= 15 is 0 Å². The molecule has 23 heavy (non-hydrogen) atoms. The van der Waals surface area contributed by atoms with Crippen LogP contribution in [0.2, 0.25) is 0 Å². The minimum Gasteiger partial charge on any atom is -0.379 e. The lowest BCUT2D eigenvalue weighted by Gasteiger charge is -2.28. The largest absolute Gasteiger partial charge is 0.379 e. The molecule has 1 unspecified atom stereocenters. The van der Waals surface area contributed by atoms with Crippen molar-refractivity contribution < 1.29 is 5.11 Å². The Hall–Kier alpha value is -2.00. The van der Waals surface area contributed by atoms with Crippen LogP contribution in [-0.2, 0) is 11.8 Å². The van der Waals surface area contributed by atoms with Gasteiger partial charge in [0.2, 0.25) is 0 Å². The summed E-state index contributed by atoms with van der Waals surface area (Å²) < 4.78 is 1.72. The van der Waals surface area contributed by atoms with Crippen LogP contribution in [0.1, 0.15) is 11.7 Å². The second-order valence-electron chi connectivity index (χ2n) is 5.08. The lowest BCUT2D eigenvalue weighted by atomic mass is 10.4. The van der Waals surface area contributed by atoms with Crippen molar-refractivity contribution in [2.24, 2.45) is 0 Å². The first-order valence-corrected chi connectivity index (χ1v) is 10.1. The maximum atomic E-state index is 11.2. The van der Waals surface area contributed by atoms with Gasteiger partial charge in [-0.05, 0) is 10.6 Å². The summed E-state index contributed by atoms with van der Waals surface area (Å²) >= 11 is 6.09. The van der Waals surface area contributed by atoms with E-state index in [-0.39, 0.29) is 0 Å². The maximum Gasteiger partial charge on any atom is 0.148 e. The monoisotopic (exact) mass is 340 g/mol. The molecule has 1 atom stereocenters. The Morgan fingerprint density at radius 3 is 2.04 bits per heavy atom. The molecule has 0 fully saturated rings. The number of aromatic nitrogens is 2. The SMILES string of the molecule is C=Cn1ccnc1C(O)P(=S)(c1ccccc1)c1ccccc1. The lowest BCUT2D eigenvalue weighted by molar-refractivity contribution is 0.254. The van der Waals surface area contributed by atoms with Crippen molar-refractivity contribution in [1.82, 2.24) is 9.55 Å². The van der Waals surface area contributed by atoms with E-state index in [1.165, 1.54) is 0 Å². The van der Waals surface area contributed by atoms with Gasteiger partial charge in [0.05, 0.1) is 0 Å². The fourth-order valence-electron chi connectivity index (χ4n) is 2.57. The molecule has 3 nitrogen and oxygen atoms in total. The first-order valence-electron chi connectivity index (χ1n) is 7.22. The maximum absolute atomic E-state index is 11.2. The Labute approximate surface area is 141 Å². The number of hydrogen-bond donors (Lipinski definition) is 1. The summed E-state index contributed by atoms with van der Waals surface area (Å²) in [5.41, 5.74) is 0. The molecule has 0 radical (unpaired) electrons. The van der Waals surface area contributed by atoms with Crippen molar-refractivity contribution in [3.05, 3.63) is 85.5 Å². The van der Waals surface area contributed by atoms with E-state index in [4.69, 9.17) is 11.8 Å². The average Bonchev–Trinajstić information content (AvgIpc) is 3.10. The number of benzene rings is 2. The molecule has 2 aromatic carbocycles. The standard InChI is InChI=1S/C18H17N2OPS/c1-2-20-14-13-19-17(20)18(21)22(23,15-9-5-3-6-10-15)16-11-7-4-8-12-16/h2-14,18,21H,1H2. The van der Waals surface area contributed by atoms with Crippen molar-refractivity contribution in [2.45, 2.75) is 5.85 Å². The fourth-order valence-corrected chi connectivity index (χ4v) is 6.20. The summed E-state index contributed by atoms with van der Waals surface area (Å²) in [6.45, 7) is 3.76. The van der Waals surface area contributed by atoms with Crippen molar-refractivity contribution in [3.63, 3.8) is 0 Å². The minimum atomic E-state index is -2.49. The molecule has 3 rings (SSSR count). The zero-order valence-corrected chi connectivity index (χ0v) is 14.2. The van der Waals surface area contributed by atoms with Crippen LogP contribution in [0.4, 0.5) is 0 Å². The number of hydrogen-bond acceptors (Lipinski definition) is 3. The second-order valence-corrected chi connectivity index (χ2v) is 9.64. The van der Waals surface area contributed by atoms with Crippen molar-refractivity contribution >= 4 is 34.7 Å². The Morgan fingerprint density at radius 1 is 1.04 bits per heavy atom. The van der Waals surface area contributed by atoms with Gasteiger partial charge >= 0.3 is 0 Å². The normalized spacial score (nSPS) is 12.7. The molecule has 1 aromatic heterocycles. The zero-order valence-electron chi connectivity index (χ0n) is 12.5. The average molecular weight is 340 g/mol. The molecule has 0 aliphatic carbocycles. The molecule has 1 heterocycles. The van der Waals surface area contributed by atoms with Crippen LogP contribution in [0, 0.1) is 0 Å². The summed E-state index contributed by atoms with van der Waals surface area (Å²) in [7, 11) is 0. The van der Waals surface area contributed by atoms with E-state index in [2.05, 4.69) is 11.6 Å². The third-order valence-corrected chi connectivity index (χ3v) is 8.66. The molecule has 0 saturated carbocycles. The van der Waals surface area contributed by atoms with Crippen molar-refractivity contribution in [1.29, 1.82) is 0 Å². The number of imidazole rings is 1. The third kappa shape index (κ3) is 2.81. The highest BCUT2D eigenvalue weighted by molar-refractivity contribution is 8.21. The van der Waals surface area contributed by atoms with Crippen LogP contribution in [0.5, 0.6) is 0 Å². The van der Waals surface area contributed by atoms with Gasteiger partial charge in [0.1, 0.15) is 11.7 Å². The molecule has 5 heteroatoms. The van der Waals surface area contributed by atoms with Gasteiger partial charge in [0.15, 0.2) is 0 Å². The number of aliphatic hydroxyl groups excluding tert-OH is 1. The molecule has 116 valence electrons. The first-order chi connectivity index (χ1) is 11.2. The molecule has 3 aromatic rings. The van der Waals surface area contributed by atoms with Gasteiger partial charge in [-0.25, -0.2) is 4.98 Å². The quantitative estimate of drug-likeness (QED) is 0.725. The van der Waals surface area contributed by atoms with Crippen LogP contribution in [-0.4, -0.2) is 14.7 Å². The van der Waals surface area contributed by atoms with Crippen LogP contribution < -0.4 is 10.6 Å². The molecule has 1 N–H and O–H groups in total. The minimum absolute atomic E-state index is 0.524. The third-order valence-electron chi connectivity index (χ3n) is 3.75. The lowest BCUT2D eigenvalue weighted by Crippen LogP contribution is -2.22. The van der Waals surface area contributed by atoms with E-state index < -0.39 is 11.9 Å². The zero-order chi connectivity index (χ0) is 16.3. The predicted octanol–water partition coefficient (Wildman–Crippen LogP) is 3.11. The molecular formula is C18H17N2OPS. The first kappa shape index (κ1) is 15.9. The van der Waals surface area contributed by atoms with Crippen LogP contribution in [0.15, 0.2) is 79.6 Å². The molecular weight excluding hydrogens is 323 g/mol. The van der Waals surface area contributed by atoms with Gasteiger partial charge in [-0.15, -0.1) is 0 Å². The summed E-state index contributed by atoms with van der Waals surface area (Å²) in [6, 6.07) is 17.2. The molecule has 0 spiro atoms. The highest BCUT2D eigenvalue weighted by Gasteiger charge is 2.34. The molecule has 0 amide bonds. The number of nitrogens with zero attached hydrogens (tertiary/aromatic N) is 2. The molecule has 0 bridgehead atoms. The van der Waals surface area contributed by atoms with E-state index in [9.17, 15) is 5.11 Å². The summed E-state index contributed by atoms with van der Waals surface area (Å²) in [5.74, 6) is -0.355. The Kier molecular flexibility index (Phi) is 4.58.